The third-order valence-corrected chi connectivity index (χ3v) is 3.81. The Balaban J connectivity index is 1.81. The molecule has 0 amide bonds. The van der Waals surface area contributed by atoms with Gasteiger partial charge in [0.25, 0.3) is 0 Å². The lowest BCUT2D eigenvalue weighted by atomic mass is 9.94. The van der Waals surface area contributed by atoms with Crippen LogP contribution in [-0.2, 0) is 0 Å². The van der Waals surface area contributed by atoms with Gasteiger partial charge in [-0.25, -0.2) is 9.97 Å². The molecule has 6 heteroatoms. The van der Waals surface area contributed by atoms with E-state index in [4.69, 9.17) is 18.0 Å². The monoisotopic (exact) mass is 279 g/mol. The number of anilines is 1. The Morgan fingerprint density at radius 2 is 2.11 bits per heavy atom. The fourth-order valence-corrected chi connectivity index (χ4v) is 2.54. The van der Waals surface area contributed by atoms with E-state index in [0.29, 0.717) is 11.5 Å². The normalized spacial score (nSPS) is 17.3. The van der Waals surface area contributed by atoms with Crippen molar-refractivity contribution < 1.29 is 0 Å². The third kappa shape index (κ3) is 4.11. The summed E-state index contributed by atoms with van der Waals surface area (Å²) in [5.41, 5.74) is 6.21. The van der Waals surface area contributed by atoms with E-state index >= 15 is 0 Å². The number of rotatable bonds is 5. The van der Waals surface area contributed by atoms with Gasteiger partial charge in [0.15, 0.2) is 5.82 Å². The number of likely N-dealkylation sites (tertiary alicyclic amines) is 1. The van der Waals surface area contributed by atoms with E-state index in [2.05, 4.69) is 27.2 Å². The van der Waals surface area contributed by atoms with Crippen LogP contribution in [0.1, 0.15) is 25.0 Å². The van der Waals surface area contributed by atoms with Crippen LogP contribution in [-0.4, -0.2) is 46.5 Å². The topological polar surface area (TPSA) is 67.1 Å². The van der Waals surface area contributed by atoms with Gasteiger partial charge in [0.2, 0.25) is 0 Å². The Bertz CT molecular complexity index is 429. The lowest BCUT2D eigenvalue weighted by molar-refractivity contribution is 0.215. The van der Waals surface area contributed by atoms with Gasteiger partial charge in [0.05, 0.1) is 0 Å². The standard InChI is InChI=1S/C13H21N5S/c1-18-8-3-10(4-9-18)2-5-16-13-11(12(14)19)15-6-7-17-13/h6-7,10H,2-5,8-9H2,1H3,(H2,14,19)(H,16,17). The highest BCUT2D eigenvalue weighted by Crippen LogP contribution is 2.19. The van der Waals surface area contributed by atoms with Crippen LogP contribution in [0.15, 0.2) is 12.4 Å². The Morgan fingerprint density at radius 1 is 1.42 bits per heavy atom. The van der Waals surface area contributed by atoms with Gasteiger partial charge in [0, 0.05) is 18.9 Å². The second kappa shape index (κ2) is 6.77. The van der Waals surface area contributed by atoms with Gasteiger partial charge in [-0.2, -0.15) is 0 Å². The molecule has 0 radical (unpaired) electrons. The first-order valence-electron chi connectivity index (χ1n) is 6.70. The first kappa shape index (κ1) is 14.1. The van der Waals surface area contributed by atoms with Gasteiger partial charge in [-0.1, -0.05) is 12.2 Å². The second-order valence-electron chi connectivity index (χ2n) is 5.08. The number of nitrogens with two attached hydrogens (primary N) is 1. The Morgan fingerprint density at radius 3 is 2.79 bits per heavy atom. The lowest BCUT2D eigenvalue weighted by Crippen LogP contribution is -2.31. The van der Waals surface area contributed by atoms with Gasteiger partial charge >= 0.3 is 0 Å². The first-order chi connectivity index (χ1) is 9.16. The minimum atomic E-state index is 0.287. The molecule has 1 aliphatic rings. The van der Waals surface area contributed by atoms with Crippen molar-refractivity contribution in [1.82, 2.24) is 14.9 Å². The lowest BCUT2D eigenvalue weighted by Gasteiger charge is -2.28. The summed E-state index contributed by atoms with van der Waals surface area (Å²) in [6.45, 7) is 3.30. The summed E-state index contributed by atoms with van der Waals surface area (Å²) in [5.74, 6) is 1.50. The van der Waals surface area contributed by atoms with Crippen molar-refractivity contribution in [3.05, 3.63) is 18.1 Å². The quantitative estimate of drug-likeness (QED) is 0.791. The highest BCUT2D eigenvalue weighted by atomic mass is 32.1. The van der Waals surface area contributed by atoms with Crippen molar-refractivity contribution in [2.75, 3.05) is 32.0 Å². The predicted octanol–water partition coefficient (Wildman–Crippen LogP) is 1.25. The molecule has 2 rings (SSSR count). The minimum Gasteiger partial charge on any atom is -0.388 e. The Labute approximate surface area is 119 Å². The molecule has 19 heavy (non-hydrogen) atoms. The highest BCUT2D eigenvalue weighted by Gasteiger charge is 2.16. The Hall–Kier alpha value is -1.27. The van der Waals surface area contributed by atoms with Gasteiger partial charge in [0.1, 0.15) is 10.7 Å². The van der Waals surface area contributed by atoms with E-state index in [1.54, 1.807) is 12.4 Å². The summed E-state index contributed by atoms with van der Waals surface area (Å²) in [4.78, 5) is 11.1. The average molecular weight is 279 g/mol. The molecule has 0 aliphatic carbocycles. The predicted molar refractivity (Wildman–Crippen MR) is 81.2 cm³/mol. The van der Waals surface area contributed by atoms with E-state index in [1.165, 1.54) is 25.9 Å². The SMILES string of the molecule is CN1CCC(CCNc2nccnc2C(N)=S)CC1. The van der Waals surface area contributed by atoms with Gasteiger partial charge in [-0.15, -0.1) is 0 Å². The molecule has 0 unspecified atom stereocenters. The zero-order valence-corrected chi connectivity index (χ0v) is 12.1. The number of hydrogen-bond acceptors (Lipinski definition) is 5. The van der Waals surface area contributed by atoms with E-state index in [-0.39, 0.29) is 4.99 Å². The van der Waals surface area contributed by atoms with Crippen LogP contribution in [0, 0.1) is 5.92 Å². The fourth-order valence-electron chi connectivity index (χ4n) is 2.39. The number of hydrogen-bond donors (Lipinski definition) is 2. The summed E-state index contributed by atoms with van der Waals surface area (Å²) < 4.78 is 0. The molecule has 2 heterocycles. The van der Waals surface area contributed by atoms with Crippen molar-refractivity contribution in [3.8, 4) is 0 Å². The molecule has 0 spiro atoms. The third-order valence-electron chi connectivity index (χ3n) is 3.61. The molecule has 1 aromatic heterocycles. The van der Waals surface area contributed by atoms with E-state index in [1.807, 2.05) is 0 Å². The van der Waals surface area contributed by atoms with Crippen LogP contribution in [0.2, 0.25) is 0 Å². The van der Waals surface area contributed by atoms with Crippen LogP contribution in [0.5, 0.6) is 0 Å². The van der Waals surface area contributed by atoms with Gasteiger partial charge in [-0.3, -0.25) is 0 Å². The van der Waals surface area contributed by atoms with Crippen LogP contribution in [0.25, 0.3) is 0 Å². The molecule has 1 aliphatic heterocycles. The van der Waals surface area contributed by atoms with Crippen LogP contribution < -0.4 is 11.1 Å². The largest absolute Gasteiger partial charge is 0.388 e. The maximum absolute atomic E-state index is 5.63. The number of nitrogens with one attached hydrogen (secondary N) is 1. The number of nitrogens with zero attached hydrogens (tertiary/aromatic N) is 3. The van der Waals surface area contributed by atoms with Crippen molar-refractivity contribution in [2.24, 2.45) is 11.7 Å². The maximum Gasteiger partial charge on any atom is 0.155 e. The van der Waals surface area contributed by atoms with Gasteiger partial charge < -0.3 is 16.0 Å². The zero-order valence-electron chi connectivity index (χ0n) is 11.3. The van der Waals surface area contributed by atoms with E-state index < -0.39 is 0 Å². The molecule has 3 N–H and O–H groups in total. The maximum atomic E-state index is 5.63. The van der Waals surface area contributed by atoms with E-state index in [0.717, 1.165) is 18.9 Å². The van der Waals surface area contributed by atoms with Gasteiger partial charge in [-0.05, 0) is 45.3 Å². The molecule has 0 aromatic carbocycles. The molecule has 5 nitrogen and oxygen atoms in total. The molecule has 0 bridgehead atoms. The Kier molecular flexibility index (Phi) is 5.04. The van der Waals surface area contributed by atoms with Crippen LogP contribution in [0.4, 0.5) is 5.82 Å². The minimum absolute atomic E-state index is 0.287. The molecule has 1 fully saturated rings. The first-order valence-corrected chi connectivity index (χ1v) is 7.11. The van der Waals surface area contributed by atoms with Crippen molar-refractivity contribution in [2.45, 2.75) is 19.3 Å². The van der Waals surface area contributed by atoms with Crippen molar-refractivity contribution in [3.63, 3.8) is 0 Å². The second-order valence-corrected chi connectivity index (χ2v) is 5.52. The summed E-state index contributed by atoms with van der Waals surface area (Å²) in [5, 5.41) is 3.30. The number of thiocarbonyl (C=S) groups is 1. The van der Waals surface area contributed by atoms with Crippen LogP contribution in [0.3, 0.4) is 0 Å². The molecular formula is C13H21N5S. The highest BCUT2D eigenvalue weighted by molar-refractivity contribution is 7.80. The fraction of sp³-hybridized carbons (Fsp3) is 0.615. The summed E-state index contributed by atoms with van der Waals surface area (Å²) >= 11 is 4.97. The van der Waals surface area contributed by atoms with Crippen molar-refractivity contribution >= 4 is 23.0 Å². The number of piperidine rings is 1. The van der Waals surface area contributed by atoms with Crippen molar-refractivity contribution in [1.29, 1.82) is 0 Å². The summed E-state index contributed by atoms with van der Waals surface area (Å²) in [6, 6.07) is 0. The zero-order chi connectivity index (χ0) is 13.7. The molecule has 1 aromatic rings. The molecule has 104 valence electrons. The van der Waals surface area contributed by atoms with Crippen LogP contribution >= 0.6 is 12.2 Å². The molecule has 0 atom stereocenters. The molecular weight excluding hydrogens is 258 g/mol. The molecule has 0 saturated carbocycles. The summed E-state index contributed by atoms with van der Waals surface area (Å²) in [7, 11) is 2.18. The number of aromatic nitrogens is 2. The summed E-state index contributed by atoms with van der Waals surface area (Å²) in [6.07, 6.45) is 6.97. The smallest absolute Gasteiger partial charge is 0.155 e. The van der Waals surface area contributed by atoms with E-state index in [9.17, 15) is 0 Å². The average Bonchev–Trinajstić information content (AvgIpc) is 2.41. The molecule has 1 saturated heterocycles.